The second kappa shape index (κ2) is 6.91. The van der Waals surface area contributed by atoms with Crippen molar-refractivity contribution in [2.24, 2.45) is 0 Å². The minimum atomic E-state index is -0.415. The lowest BCUT2D eigenvalue weighted by molar-refractivity contribution is 0.0595. The van der Waals surface area contributed by atoms with E-state index in [-0.39, 0.29) is 0 Å². The fraction of sp³-hybridized carbons (Fsp3) is 0.286. The highest BCUT2D eigenvalue weighted by Crippen LogP contribution is 2.17. The maximum atomic E-state index is 11.3. The Kier molecular flexibility index (Phi) is 4.95. The van der Waals surface area contributed by atoms with Gasteiger partial charge in [-0.2, -0.15) is 0 Å². The summed E-state index contributed by atoms with van der Waals surface area (Å²) in [6.07, 6.45) is 0.852. The third kappa shape index (κ3) is 3.71. The van der Waals surface area contributed by atoms with Gasteiger partial charge in [-0.1, -0.05) is 12.1 Å². The lowest BCUT2D eigenvalue weighted by Gasteiger charge is -2.05. The van der Waals surface area contributed by atoms with Crippen molar-refractivity contribution in [2.75, 3.05) is 26.1 Å². The maximum absolute atomic E-state index is 11.3. The van der Waals surface area contributed by atoms with Gasteiger partial charge in [0.05, 0.1) is 14.2 Å². The molecule has 1 heterocycles. The first kappa shape index (κ1) is 14.3. The Morgan fingerprint density at radius 3 is 3.00 bits per heavy atom. The number of rotatable bonds is 6. The molecule has 1 N–H and O–H groups in total. The number of aromatic nitrogens is 1. The van der Waals surface area contributed by atoms with Crippen LogP contribution in [-0.2, 0) is 11.2 Å². The van der Waals surface area contributed by atoms with Crippen LogP contribution >= 0.6 is 11.3 Å². The Labute approximate surface area is 121 Å². The molecule has 0 aliphatic heterocycles. The molecule has 0 spiro atoms. The van der Waals surface area contributed by atoms with Gasteiger partial charge >= 0.3 is 5.97 Å². The van der Waals surface area contributed by atoms with Crippen molar-refractivity contribution in [3.8, 4) is 5.75 Å². The number of methoxy groups -OCH3 is 2. The van der Waals surface area contributed by atoms with E-state index in [4.69, 9.17) is 4.74 Å². The van der Waals surface area contributed by atoms with Crippen LogP contribution in [0, 0.1) is 0 Å². The van der Waals surface area contributed by atoms with E-state index in [1.807, 2.05) is 24.3 Å². The molecule has 1 aromatic carbocycles. The first-order chi connectivity index (χ1) is 9.72. The van der Waals surface area contributed by atoms with E-state index in [2.05, 4.69) is 15.0 Å². The first-order valence-electron chi connectivity index (χ1n) is 6.13. The number of nitrogens with one attached hydrogen (secondary N) is 1. The second-order valence-electron chi connectivity index (χ2n) is 4.06. The van der Waals surface area contributed by atoms with Gasteiger partial charge in [0, 0.05) is 11.9 Å². The molecule has 1 aromatic heterocycles. The zero-order valence-corrected chi connectivity index (χ0v) is 12.2. The van der Waals surface area contributed by atoms with Crippen molar-refractivity contribution in [1.82, 2.24) is 4.98 Å². The summed E-state index contributed by atoms with van der Waals surface area (Å²) in [5, 5.41) is 5.59. The van der Waals surface area contributed by atoms with Gasteiger partial charge in [0.15, 0.2) is 10.8 Å². The zero-order chi connectivity index (χ0) is 14.4. The molecular weight excluding hydrogens is 276 g/mol. The SMILES string of the molecule is COC(=O)c1csc(NCCc2cccc(OC)c2)n1. The molecule has 5 nitrogen and oxygen atoms in total. The molecule has 0 atom stereocenters. The monoisotopic (exact) mass is 292 g/mol. The van der Waals surface area contributed by atoms with Crippen LogP contribution in [0.15, 0.2) is 29.6 Å². The van der Waals surface area contributed by atoms with E-state index in [1.165, 1.54) is 24.0 Å². The van der Waals surface area contributed by atoms with Crippen molar-refractivity contribution in [2.45, 2.75) is 6.42 Å². The highest BCUT2D eigenvalue weighted by Gasteiger charge is 2.10. The molecule has 0 radical (unpaired) electrons. The quantitative estimate of drug-likeness (QED) is 0.829. The zero-order valence-electron chi connectivity index (χ0n) is 11.4. The minimum Gasteiger partial charge on any atom is -0.497 e. The van der Waals surface area contributed by atoms with Crippen molar-refractivity contribution in [3.05, 3.63) is 40.9 Å². The summed E-state index contributed by atoms with van der Waals surface area (Å²) in [6.45, 7) is 0.737. The predicted octanol–water partition coefficient (Wildman–Crippen LogP) is 2.59. The van der Waals surface area contributed by atoms with Gasteiger partial charge in [-0.25, -0.2) is 9.78 Å². The highest BCUT2D eigenvalue weighted by atomic mass is 32.1. The van der Waals surface area contributed by atoms with E-state index in [1.54, 1.807) is 12.5 Å². The van der Waals surface area contributed by atoms with E-state index in [0.29, 0.717) is 10.8 Å². The van der Waals surface area contributed by atoms with Crippen LogP contribution < -0.4 is 10.1 Å². The molecule has 0 aliphatic rings. The third-order valence-corrected chi connectivity index (χ3v) is 3.52. The second-order valence-corrected chi connectivity index (χ2v) is 4.92. The van der Waals surface area contributed by atoms with Crippen molar-refractivity contribution >= 4 is 22.4 Å². The Morgan fingerprint density at radius 1 is 1.40 bits per heavy atom. The Morgan fingerprint density at radius 2 is 2.25 bits per heavy atom. The molecule has 0 saturated carbocycles. The lowest BCUT2D eigenvalue weighted by Crippen LogP contribution is -2.06. The number of thiazole rings is 1. The summed E-state index contributed by atoms with van der Waals surface area (Å²) >= 11 is 1.39. The number of ether oxygens (including phenoxy) is 2. The summed E-state index contributed by atoms with van der Waals surface area (Å²) in [5.74, 6) is 0.437. The molecule has 6 heteroatoms. The molecule has 0 bridgehead atoms. The van der Waals surface area contributed by atoms with Crippen LogP contribution in [0.25, 0.3) is 0 Å². The lowest BCUT2D eigenvalue weighted by atomic mass is 10.1. The Bertz CT molecular complexity index is 583. The molecule has 0 unspecified atom stereocenters. The fourth-order valence-corrected chi connectivity index (χ4v) is 2.40. The van der Waals surface area contributed by atoms with Crippen LogP contribution in [0.4, 0.5) is 5.13 Å². The van der Waals surface area contributed by atoms with Crippen molar-refractivity contribution in [3.63, 3.8) is 0 Å². The number of esters is 1. The van der Waals surface area contributed by atoms with Gasteiger partial charge in [-0.05, 0) is 24.1 Å². The third-order valence-electron chi connectivity index (χ3n) is 2.72. The number of benzene rings is 1. The molecule has 20 heavy (non-hydrogen) atoms. The number of carbonyl (C=O) groups is 1. The molecule has 2 rings (SSSR count). The molecule has 2 aromatic rings. The molecule has 0 fully saturated rings. The van der Waals surface area contributed by atoms with E-state index in [9.17, 15) is 4.79 Å². The highest BCUT2D eigenvalue weighted by molar-refractivity contribution is 7.13. The summed E-state index contributed by atoms with van der Waals surface area (Å²) < 4.78 is 9.79. The number of hydrogen-bond acceptors (Lipinski definition) is 6. The summed E-state index contributed by atoms with van der Waals surface area (Å²) in [7, 11) is 3.00. The molecular formula is C14H16N2O3S. The van der Waals surface area contributed by atoms with Crippen LogP contribution in [0.3, 0.4) is 0 Å². The van der Waals surface area contributed by atoms with Gasteiger partial charge in [0.25, 0.3) is 0 Å². The number of carbonyl (C=O) groups excluding carboxylic acids is 1. The van der Waals surface area contributed by atoms with E-state index < -0.39 is 5.97 Å². The number of anilines is 1. The van der Waals surface area contributed by atoms with Crippen LogP contribution in [0.2, 0.25) is 0 Å². The normalized spacial score (nSPS) is 10.1. The average Bonchev–Trinajstić information content (AvgIpc) is 2.95. The van der Waals surface area contributed by atoms with Crippen molar-refractivity contribution in [1.29, 1.82) is 0 Å². The summed E-state index contributed by atoms with van der Waals surface area (Å²) in [5.41, 5.74) is 1.52. The van der Waals surface area contributed by atoms with E-state index >= 15 is 0 Å². The van der Waals surface area contributed by atoms with E-state index in [0.717, 1.165) is 18.7 Å². The smallest absolute Gasteiger partial charge is 0.357 e. The fourth-order valence-electron chi connectivity index (χ4n) is 1.69. The summed E-state index contributed by atoms with van der Waals surface area (Å²) in [4.78, 5) is 15.4. The van der Waals surface area contributed by atoms with Crippen LogP contribution in [0.5, 0.6) is 5.75 Å². The maximum Gasteiger partial charge on any atom is 0.357 e. The Balaban J connectivity index is 1.86. The first-order valence-corrected chi connectivity index (χ1v) is 7.01. The summed E-state index contributed by atoms with van der Waals surface area (Å²) in [6, 6.07) is 7.93. The van der Waals surface area contributed by atoms with Gasteiger partial charge in [-0.15, -0.1) is 11.3 Å². The number of hydrogen-bond donors (Lipinski definition) is 1. The largest absolute Gasteiger partial charge is 0.497 e. The average molecular weight is 292 g/mol. The topological polar surface area (TPSA) is 60.5 Å². The predicted molar refractivity (Wildman–Crippen MR) is 78.6 cm³/mol. The van der Waals surface area contributed by atoms with Gasteiger partial charge in [0.2, 0.25) is 0 Å². The Hall–Kier alpha value is -2.08. The van der Waals surface area contributed by atoms with Crippen LogP contribution in [0.1, 0.15) is 16.1 Å². The van der Waals surface area contributed by atoms with Crippen LogP contribution in [-0.4, -0.2) is 31.7 Å². The molecule has 106 valence electrons. The standard InChI is InChI=1S/C14H16N2O3S/c1-18-11-5-3-4-10(8-11)6-7-15-14-16-12(9-20-14)13(17)19-2/h3-5,8-9H,6-7H2,1-2H3,(H,15,16). The van der Waals surface area contributed by atoms with Crippen molar-refractivity contribution < 1.29 is 14.3 Å². The van der Waals surface area contributed by atoms with Gasteiger partial charge < -0.3 is 14.8 Å². The molecule has 0 amide bonds. The number of nitrogens with zero attached hydrogens (tertiary/aromatic N) is 1. The minimum absolute atomic E-state index is 0.335. The molecule has 0 aliphatic carbocycles. The van der Waals surface area contributed by atoms with Gasteiger partial charge in [-0.3, -0.25) is 0 Å². The van der Waals surface area contributed by atoms with Gasteiger partial charge in [0.1, 0.15) is 5.75 Å². The molecule has 0 saturated heterocycles.